The van der Waals surface area contributed by atoms with Crippen LogP contribution in [0.25, 0.3) is 0 Å². The van der Waals surface area contributed by atoms with Gasteiger partial charge >= 0.3 is 88.0 Å². The molecule has 0 atom stereocenters. The summed E-state index contributed by atoms with van der Waals surface area (Å²) < 4.78 is 1.85. The summed E-state index contributed by atoms with van der Waals surface area (Å²) in [6.45, 7) is 13.7. The van der Waals surface area contributed by atoms with E-state index in [9.17, 15) is 9.79 Å². The van der Waals surface area contributed by atoms with E-state index >= 15 is 0 Å². The first kappa shape index (κ1) is 14.3. The Labute approximate surface area is 88.7 Å². The monoisotopic (exact) mass is 223 g/mol. The second kappa shape index (κ2) is 4.44. The van der Waals surface area contributed by atoms with Gasteiger partial charge in [0.1, 0.15) is 0 Å². The van der Waals surface area contributed by atoms with Crippen molar-refractivity contribution in [3.8, 4) is 0 Å². The van der Waals surface area contributed by atoms with Crippen LogP contribution in [0.2, 0.25) is 0 Å². The third kappa shape index (κ3) is 2.90. The Morgan fingerprint density at radius 1 is 0.929 bits per heavy atom. The van der Waals surface area contributed by atoms with E-state index in [0.717, 1.165) is 0 Å². The van der Waals surface area contributed by atoms with Crippen molar-refractivity contribution in [1.82, 2.24) is 4.67 Å². The minimum absolute atomic E-state index is 0.163. The standard InChI is InChI=1S/C10H26NO2P/c1-8(2)11(9(3)4)14(12,13)10(5,6)7/h8-9,12-14H,1-7H3. The second-order valence-electron chi connectivity index (χ2n) is 5.48. The average molecular weight is 223 g/mol. The molecule has 0 aromatic rings. The van der Waals surface area contributed by atoms with Gasteiger partial charge in [-0.2, -0.15) is 0 Å². The predicted molar refractivity (Wildman–Crippen MR) is 64.6 cm³/mol. The molecule has 0 saturated carbocycles. The molecule has 3 nitrogen and oxygen atoms in total. The maximum absolute atomic E-state index is 10.3. The van der Waals surface area contributed by atoms with Crippen LogP contribution in [0.5, 0.6) is 0 Å². The predicted octanol–water partition coefficient (Wildman–Crippen LogP) is 2.38. The average Bonchev–Trinajstić information content (AvgIpc) is 1.79. The van der Waals surface area contributed by atoms with Crippen molar-refractivity contribution >= 4 is 7.87 Å². The van der Waals surface area contributed by atoms with Crippen LogP contribution in [0.3, 0.4) is 0 Å². The van der Waals surface area contributed by atoms with Crippen LogP contribution in [0.15, 0.2) is 0 Å². The van der Waals surface area contributed by atoms with E-state index in [1.807, 2.05) is 53.1 Å². The zero-order valence-corrected chi connectivity index (χ0v) is 11.5. The zero-order valence-electron chi connectivity index (χ0n) is 10.5. The molecule has 0 unspecified atom stereocenters. The van der Waals surface area contributed by atoms with Gasteiger partial charge in [0.25, 0.3) is 0 Å². The summed E-state index contributed by atoms with van der Waals surface area (Å²) in [5.74, 6) is 0. The molecule has 14 heavy (non-hydrogen) atoms. The molecule has 0 bridgehead atoms. The van der Waals surface area contributed by atoms with Crippen LogP contribution < -0.4 is 0 Å². The van der Waals surface area contributed by atoms with Crippen LogP contribution in [0.1, 0.15) is 48.5 Å². The molecular weight excluding hydrogens is 197 g/mol. The molecule has 0 heterocycles. The van der Waals surface area contributed by atoms with Crippen molar-refractivity contribution in [2.45, 2.75) is 65.7 Å². The molecule has 0 amide bonds. The second-order valence-corrected chi connectivity index (χ2v) is 8.77. The van der Waals surface area contributed by atoms with Crippen LogP contribution in [0.4, 0.5) is 0 Å². The van der Waals surface area contributed by atoms with Crippen LogP contribution in [-0.4, -0.2) is 31.7 Å². The number of nitrogens with zero attached hydrogens (tertiary/aromatic N) is 1. The van der Waals surface area contributed by atoms with E-state index in [1.54, 1.807) is 0 Å². The van der Waals surface area contributed by atoms with E-state index in [4.69, 9.17) is 0 Å². The molecule has 0 radical (unpaired) electrons. The van der Waals surface area contributed by atoms with Gasteiger partial charge in [0.2, 0.25) is 0 Å². The van der Waals surface area contributed by atoms with Crippen molar-refractivity contribution in [3.63, 3.8) is 0 Å². The molecular formula is C10H26NO2P. The number of rotatable bonds is 3. The molecule has 4 heteroatoms. The Morgan fingerprint density at radius 3 is 1.29 bits per heavy atom. The molecule has 0 fully saturated rings. The first-order valence-electron chi connectivity index (χ1n) is 5.25. The van der Waals surface area contributed by atoms with Gasteiger partial charge in [0, 0.05) is 0 Å². The molecule has 0 saturated heterocycles. The molecule has 0 aromatic carbocycles. The Hall–Kier alpha value is 0.310. The Morgan fingerprint density at radius 2 is 1.21 bits per heavy atom. The van der Waals surface area contributed by atoms with Crippen molar-refractivity contribution in [1.29, 1.82) is 0 Å². The summed E-state index contributed by atoms with van der Waals surface area (Å²) in [5, 5.41) is -0.443. The molecule has 0 spiro atoms. The van der Waals surface area contributed by atoms with Gasteiger partial charge in [-0.1, -0.05) is 0 Å². The molecule has 0 aliphatic carbocycles. The van der Waals surface area contributed by atoms with Crippen LogP contribution >= 0.6 is 7.87 Å². The van der Waals surface area contributed by atoms with E-state index < -0.39 is 13.0 Å². The van der Waals surface area contributed by atoms with E-state index in [1.165, 1.54) is 0 Å². The quantitative estimate of drug-likeness (QED) is 0.722. The summed E-state index contributed by atoms with van der Waals surface area (Å²) in [6.07, 6.45) is 0. The third-order valence-electron chi connectivity index (χ3n) is 2.48. The van der Waals surface area contributed by atoms with Crippen molar-refractivity contribution in [3.05, 3.63) is 0 Å². The Kier molecular flexibility index (Phi) is 4.54. The summed E-state index contributed by atoms with van der Waals surface area (Å²) in [4.78, 5) is 20.5. The fourth-order valence-electron chi connectivity index (χ4n) is 1.70. The summed E-state index contributed by atoms with van der Waals surface area (Å²) in [6, 6.07) is 0.326. The summed E-state index contributed by atoms with van der Waals surface area (Å²) in [5.41, 5.74) is 0. The molecule has 0 aliphatic rings. The van der Waals surface area contributed by atoms with Gasteiger partial charge in [-0.15, -0.1) is 0 Å². The maximum atomic E-state index is 10.3. The first-order valence-corrected chi connectivity index (χ1v) is 7.09. The Balaban J connectivity index is 5.01. The minimum atomic E-state index is -3.33. The van der Waals surface area contributed by atoms with E-state index in [2.05, 4.69) is 0 Å². The van der Waals surface area contributed by atoms with Crippen LogP contribution in [0, 0.1) is 0 Å². The van der Waals surface area contributed by atoms with E-state index in [-0.39, 0.29) is 12.1 Å². The van der Waals surface area contributed by atoms with E-state index in [0.29, 0.717) is 0 Å². The van der Waals surface area contributed by atoms with Crippen molar-refractivity contribution in [2.24, 2.45) is 0 Å². The van der Waals surface area contributed by atoms with Crippen molar-refractivity contribution in [2.75, 3.05) is 0 Å². The molecule has 0 aromatic heterocycles. The summed E-state index contributed by atoms with van der Waals surface area (Å²) in [7, 11) is -3.33. The normalized spacial score (nSPS) is 15.7. The van der Waals surface area contributed by atoms with Gasteiger partial charge in [0.15, 0.2) is 0 Å². The van der Waals surface area contributed by atoms with Crippen molar-refractivity contribution < 1.29 is 9.79 Å². The molecule has 2 N–H and O–H groups in total. The van der Waals surface area contributed by atoms with Gasteiger partial charge in [-0.3, -0.25) is 0 Å². The fraction of sp³-hybridized carbons (Fsp3) is 1.00. The molecule has 88 valence electrons. The topological polar surface area (TPSA) is 43.7 Å². The van der Waals surface area contributed by atoms with Crippen LogP contribution in [-0.2, 0) is 0 Å². The zero-order chi connectivity index (χ0) is 11.7. The van der Waals surface area contributed by atoms with Gasteiger partial charge in [-0.05, 0) is 0 Å². The van der Waals surface area contributed by atoms with Gasteiger partial charge in [0.05, 0.1) is 0 Å². The Bertz CT molecular complexity index is 177. The fourth-order valence-corrected chi connectivity index (χ4v) is 3.92. The first-order chi connectivity index (χ1) is 6.01. The SMILES string of the molecule is CC(C)N(C(C)C)[PH](O)(O)C(C)(C)C. The van der Waals surface area contributed by atoms with Gasteiger partial charge in [-0.25, -0.2) is 0 Å². The molecule has 0 aliphatic heterocycles. The third-order valence-corrected chi connectivity index (χ3v) is 6.24. The number of hydrogen-bond acceptors (Lipinski definition) is 3. The van der Waals surface area contributed by atoms with Gasteiger partial charge < -0.3 is 0 Å². The summed E-state index contributed by atoms with van der Waals surface area (Å²) >= 11 is 0. The molecule has 0 rings (SSSR count). The number of hydrogen-bond donors (Lipinski definition) is 2.